The van der Waals surface area contributed by atoms with Crippen LogP contribution in [0.2, 0.25) is 5.02 Å². The van der Waals surface area contributed by atoms with Gasteiger partial charge in [-0.3, -0.25) is 0 Å². The van der Waals surface area contributed by atoms with Gasteiger partial charge in [-0.15, -0.1) is 5.10 Å². The highest BCUT2D eigenvalue weighted by molar-refractivity contribution is 6.30. The van der Waals surface area contributed by atoms with Crippen molar-refractivity contribution in [2.45, 2.75) is 13.8 Å². The molecule has 1 N–H and O–H groups in total. The summed E-state index contributed by atoms with van der Waals surface area (Å²) >= 11 is 5.86. The van der Waals surface area contributed by atoms with Gasteiger partial charge in [-0.2, -0.15) is 4.98 Å². The zero-order chi connectivity index (χ0) is 11.5. The molecule has 0 unspecified atom stereocenters. The first kappa shape index (κ1) is 11.0. The van der Waals surface area contributed by atoms with E-state index in [-0.39, 0.29) is 0 Å². The highest BCUT2D eigenvalue weighted by Gasteiger charge is 2.01. The molecule has 0 amide bonds. The van der Waals surface area contributed by atoms with Gasteiger partial charge < -0.3 is 5.32 Å². The van der Waals surface area contributed by atoms with E-state index in [0.29, 0.717) is 11.0 Å². The average Bonchev–Trinajstić information content (AvgIpc) is 2.58. The van der Waals surface area contributed by atoms with Gasteiger partial charge in [-0.05, 0) is 26.0 Å². The van der Waals surface area contributed by atoms with Crippen LogP contribution in [0.15, 0.2) is 30.0 Å². The predicted octanol–water partition coefficient (Wildman–Crippen LogP) is 2.76. The van der Waals surface area contributed by atoms with Crippen LogP contribution in [-0.4, -0.2) is 21.1 Å². The molecule has 0 atom stereocenters. The number of pyridine rings is 1. The largest absolute Gasteiger partial charge is 0.349 e. The van der Waals surface area contributed by atoms with Crippen molar-refractivity contribution in [3.63, 3.8) is 0 Å². The second-order valence-electron chi connectivity index (χ2n) is 3.75. The van der Waals surface area contributed by atoms with Gasteiger partial charge in [-0.1, -0.05) is 23.3 Å². The molecular weight excluding hydrogens is 224 g/mol. The minimum absolute atomic E-state index is 0.611. The average molecular weight is 237 g/mol. The molecule has 2 aromatic heterocycles. The molecule has 2 rings (SSSR count). The van der Waals surface area contributed by atoms with Crippen molar-refractivity contribution >= 4 is 23.2 Å². The van der Waals surface area contributed by atoms with E-state index in [1.807, 2.05) is 6.07 Å². The standard InChI is InChI=1S/C11H13ClN4/c1-8(2)5-6-13-11-14-10-4-3-9(12)7-16(10)15-11/h3-5,7H,6H2,1-2H3,(H,13,15). The highest BCUT2D eigenvalue weighted by atomic mass is 35.5. The molecule has 0 spiro atoms. The summed E-state index contributed by atoms with van der Waals surface area (Å²) in [4.78, 5) is 4.30. The quantitative estimate of drug-likeness (QED) is 0.834. The van der Waals surface area contributed by atoms with Gasteiger partial charge in [0.1, 0.15) is 0 Å². The summed E-state index contributed by atoms with van der Waals surface area (Å²) < 4.78 is 1.66. The van der Waals surface area contributed by atoms with Crippen molar-refractivity contribution < 1.29 is 0 Å². The summed E-state index contributed by atoms with van der Waals surface area (Å²) in [5, 5.41) is 8.02. The van der Waals surface area contributed by atoms with Crippen molar-refractivity contribution in [2.75, 3.05) is 11.9 Å². The Hall–Kier alpha value is -1.55. The molecule has 0 saturated heterocycles. The smallest absolute Gasteiger partial charge is 0.243 e. The molecule has 0 aliphatic carbocycles. The molecule has 5 heteroatoms. The minimum atomic E-state index is 0.611. The number of rotatable bonds is 3. The van der Waals surface area contributed by atoms with Crippen molar-refractivity contribution in [2.24, 2.45) is 0 Å². The summed E-state index contributed by atoms with van der Waals surface area (Å²) in [6, 6.07) is 3.63. The Morgan fingerprint density at radius 2 is 2.31 bits per heavy atom. The van der Waals surface area contributed by atoms with Gasteiger partial charge in [-0.25, -0.2) is 4.52 Å². The van der Waals surface area contributed by atoms with Crippen LogP contribution in [0.4, 0.5) is 5.95 Å². The fourth-order valence-corrected chi connectivity index (χ4v) is 1.43. The fourth-order valence-electron chi connectivity index (χ4n) is 1.28. The Kier molecular flexibility index (Phi) is 3.10. The monoisotopic (exact) mass is 236 g/mol. The minimum Gasteiger partial charge on any atom is -0.349 e. The number of anilines is 1. The molecule has 2 heterocycles. The molecule has 0 aliphatic heterocycles. The number of nitrogens with zero attached hydrogens (tertiary/aromatic N) is 3. The first-order valence-electron chi connectivity index (χ1n) is 5.04. The first-order chi connectivity index (χ1) is 7.65. The van der Waals surface area contributed by atoms with Crippen LogP contribution in [0.5, 0.6) is 0 Å². The number of nitrogens with one attached hydrogen (secondary N) is 1. The summed E-state index contributed by atoms with van der Waals surface area (Å²) in [6.07, 6.45) is 3.81. The number of hydrogen-bond donors (Lipinski definition) is 1. The highest BCUT2D eigenvalue weighted by Crippen LogP contribution is 2.11. The zero-order valence-corrected chi connectivity index (χ0v) is 9.99. The fraction of sp³-hybridized carbons (Fsp3) is 0.273. The number of fused-ring (bicyclic) bond motifs is 1. The normalized spacial score (nSPS) is 10.4. The Morgan fingerprint density at radius 3 is 3.06 bits per heavy atom. The van der Waals surface area contributed by atoms with E-state index in [0.717, 1.165) is 12.2 Å². The third kappa shape index (κ3) is 2.52. The molecule has 16 heavy (non-hydrogen) atoms. The Morgan fingerprint density at radius 1 is 1.50 bits per heavy atom. The van der Waals surface area contributed by atoms with Crippen molar-refractivity contribution in [1.29, 1.82) is 0 Å². The van der Waals surface area contributed by atoms with Crippen LogP contribution >= 0.6 is 11.6 Å². The maximum absolute atomic E-state index is 5.86. The van der Waals surface area contributed by atoms with Crippen molar-refractivity contribution in [3.05, 3.63) is 35.0 Å². The molecule has 0 aromatic carbocycles. The van der Waals surface area contributed by atoms with Gasteiger partial charge >= 0.3 is 0 Å². The van der Waals surface area contributed by atoms with Gasteiger partial charge in [0.25, 0.3) is 0 Å². The number of halogens is 1. The van der Waals surface area contributed by atoms with E-state index >= 15 is 0 Å². The van der Waals surface area contributed by atoms with E-state index in [2.05, 4.69) is 35.3 Å². The number of allylic oxidation sites excluding steroid dienone is 1. The van der Waals surface area contributed by atoms with Crippen molar-refractivity contribution in [3.8, 4) is 0 Å². The Bertz CT molecular complexity index is 526. The van der Waals surface area contributed by atoms with Crippen LogP contribution in [0.1, 0.15) is 13.8 Å². The van der Waals surface area contributed by atoms with Crippen LogP contribution in [-0.2, 0) is 0 Å². The molecule has 0 saturated carbocycles. The lowest BCUT2D eigenvalue weighted by molar-refractivity contribution is 0.959. The van der Waals surface area contributed by atoms with E-state index in [1.54, 1.807) is 16.8 Å². The number of aromatic nitrogens is 3. The summed E-state index contributed by atoms with van der Waals surface area (Å²) in [5.74, 6) is 0.611. The second-order valence-corrected chi connectivity index (χ2v) is 4.18. The van der Waals surface area contributed by atoms with Gasteiger partial charge in [0.05, 0.1) is 5.02 Å². The molecule has 0 aliphatic rings. The van der Waals surface area contributed by atoms with Crippen LogP contribution in [0.3, 0.4) is 0 Å². The lowest BCUT2D eigenvalue weighted by Gasteiger charge is -1.95. The van der Waals surface area contributed by atoms with E-state index < -0.39 is 0 Å². The lowest BCUT2D eigenvalue weighted by Crippen LogP contribution is -2.00. The third-order valence-corrected chi connectivity index (χ3v) is 2.29. The van der Waals surface area contributed by atoms with Gasteiger partial charge in [0, 0.05) is 12.7 Å². The zero-order valence-electron chi connectivity index (χ0n) is 9.24. The summed E-state index contributed by atoms with van der Waals surface area (Å²) in [6.45, 7) is 4.84. The molecule has 4 nitrogen and oxygen atoms in total. The summed E-state index contributed by atoms with van der Waals surface area (Å²) in [7, 11) is 0. The predicted molar refractivity (Wildman–Crippen MR) is 65.9 cm³/mol. The first-order valence-corrected chi connectivity index (χ1v) is 5.42. The summed E-state index contributed by atoms with van der Waals surface area (Å²) in [5.41, 5.74) is 2.04. The van der Waals surface area contributed by atoms with Crippen LogP contribution in [0, 0.1) is 0 Å². The lowest BCUT2D eigenvalue weighted by atomic mass is 10.3. The van der Waals surface area contributed by atoms with E-state index in [4.69, 9.17) is 11.6 Å². The van der Waals surface area contributed by atoms with Crippen molar-refractivity contribution in [1.82, 2.24) is 14.6 Å². The number of hydrogen-bond acceptors (Lipinski definition) is 3. The van der Waals surface area contributed by atoms with Crippen LogP contribution < -0.4 is 5.32 Å². The maximum Gasteiger partial charge on any atom is 0.243 e. The molecule has 0 radical (unpaired) electrons. The topological polar surface area (TPSA) is 42.2 Å². The van der Waals surface area contributed by atoms with Crippen LogP contribution in [0.25, 0.3) is 5.65 Å². The Labute approximate surface area is 98.9 Å². The maximum atomic E-state index is 5.86. The molecular formula is C11H13ClN4. The van der Waals surface area contributed by atoms with Gasteiger partial charge in [0.15, 0.2) is 5.65 Å². The molecule has 0 fully saturated rings. The Balaban J connectivity index is 2.17. The van der Waals surface area contributed by atoms with E-state index in [9.17, 15) is 0 Å². The molecule has 2 aromatic rings. The third-order valence-electron chi connectivity index (χ3n) is 2.07. The molecule has 0 bridgehead atoms. The van der Waals surface area contributed by atoms with E-state index in [1.165, 1.54) is 5.57 Å². The second kappa shape index (κ2) is 4.53. The molecule has 84 valence electrons. The SMILES string of the molecule is CC(C)=CCNc1nc2ccc(Cl)cn2n1. The van der Waals surface area contributed by atoms with Gasteiger partial charge in [0.2, 0.25) is 5.95 Å².